The zero-order valence-corrected chi connectivity index (χ0v) is 17.9. The number of nitrogens with zero attached hydrogens (tertiary/aromatic N) is 3. The van der Waals surface area contributed by atoms with Gasteiger partial charge in [0.05, 0.1) is 12.3 Å². The highest BCUT2D eigenvalue weighted by atomic mass is 32.2. The van der Waals surface area contributed by atoms with Crippen molar-refractivity contribution in [1.29, 1.82) is 0 Å². The molecule has 0 saturated carbocycles. The molecule has 0 bridgehead atoms. The van der Waals surface area contributed by atoms with Gasteiger partial charge in [0.15, 0.2) is 27.3 Å². The third-order valence-corrected chi connectivity index (χ3v) is 5.23. The van der Waals surface area contributed by atoms with Crippen LogP contribution in [0.25, 0.3) is 0 Å². The first kappa shape index (κ1) is 23.3. The molecule has 12 heteroatoms. The first-order chi connectivity index (χ1) is 15.0. The van der Waals surface area contributed by atoms with Gasteiger partial charge >= 0.3 is 0 Å². The van der Waals surface area contributed by atoms with Crippen LogP contribution in [0.1, 0.15) is 11.1 Å². The number of ether oxygens (including phenoxy) is 1. The zero-order chi connectivity index (χ0) is 23.5. The molecule has 0 aliphatic rings. The van der Waals surface area contributed by atoms with Gasteiger partial charge in [0.1, 0.15) is 18.6 Å². The van der Waals surface area contributed by atoms with Gasteiger partial charge < -0.3 is 10.1 Å². The van der Waals surface area contributed by atoms with Crippen LogP contribution < -0.4 is 15.6 Å². The molecular weight excluding hydrogens is 449 g/mol. The van der Waals surface area contributed by atoms with Crippen molar-refractivity contribution < 1.29 is 26.3 Å². The predicted molar refractivity (Wildman–Crippen MR) is 111 cm³/mol. The molecule has 0 aliphatic heterocycles. The average molecular weight is 468 g/mol. The van der Waals surface area contributed by atoms with Gasteiger partial charge in [0.2, 0.25) is 5.95 Å². The van der Waals surface area contributed by atoms with Crippen LogP contribution in [0.3, 0.4) is 0 Å². The van der Waals surface area contributed by atoms with E-state index in [-0.39, 0.29) is 30.4 Å². The van der Waals surface area contributed by atoms with Gasteiger partial charge in [-0.2, -0.15) is 10.1 Å². The Bertz CT molecular complexity index is 1290. The molecule has 0 spiro atoms. The minimum atomic E-state index is -3.18. The van der Waals surface area contributed by atoms with Gasteiger partial charge in [-0.15, -0.1) is 0 Å². The Hall–Kier alpha value is -3.41. The van der Waals surface area contributed by atoms with E-state index >= 15 is 0 Å². The SMILES string of the molecule is Cc1ccc(OCCS(C)(=O)=O)cc1Nc1nc(=O)cnn1Cc1cc(F)c(F)c(F)c1. The Kier molecular flexibility index (Phi) is 6.82. The fourth-order valence-electron chi connectivity index (χ4n) is 2.70. The van der Waals surface area contributed by atoms with Crippen molar-refractivity contribution >= 4 is 21.5 Å². The second-order valence-electron chi connectivity index (χ2n) is 7.03. The smallest absolute Gasteiger partial charge is 0.293 e. The van der Waals surface area contributed by atoms with E-state index in [9.17, 15) is 26.4 Å². The number of anilines is 2. The maximum atomic E-state index is 13.5. The fraction of sp³-hybridized carbons (Fsp3) is 0.250. The molecule has 0 aliphatic carbocycles. The molecule has 0 amide bonds. The molecule has 8 nitrogen and oxygen atoms in total. The van der Waals surface area contributed by atoms with Crippen LogP contribution in [-0.2, 0) is 16.4 Å². The van der Waals surface area contributed by atoms with Gasteiger partial charge in [-0.3, -0.25) is 4.79 Å². The van der Waals surface area contributed by atoms with Crippen molar-refractivity contribution in [1.82, 2.24) is 14.8 Å². The minimum absolute atomic E-state index is 0.0287. The average Bonchev–Trinajstić information content (AvgIpc) is 2.69. The van der Waals surface area contributed by atoms with Crippen molar-refractivity contribution in [2.24, 2.45) is 0 Å². The van der Waals surface area contributed by atoms with Gasteiger partial charge in [-0.25, -0.2) is 26.3 Å². The van der Waals surface area contributed by atoms with E-state index in [2.05, 4.69) is 15.4 Å². The molecule has 2 aromatic carbocycles. The third-order valence-electron chi connectivity index (χ3n) is 4.32. The van der Waals surface area contributed by atoms with Crippen molar-refractivity contribution in [3.63, 3.8) is 0 Å². The van der Waals surface area contributed by atoms with Gasteiger partial charge in [-0.05, 0) is 36.2 Å². The lowest BCUT2D eigenvalue weighted by atomic mass is 10.2. The molecule has 32 heavy (non-hydrogen) atoms. The summed E-state index contributed by atoms with van der Waals surface area (Å²) in [6.07, 6.45) is 2.03. The summed E-state index contributed by atoms with van der Waals surface area (Å²) in [6, 6.07) is 6.59. The summed E-state index contributed by atoms with van der Waals surface area (Å²) in [7, 11) is -3.18. The zero-order valence-electron chi connectivity index (χ0n) is 17.1. The number of halogens is 3. The van der Waals surface area contributed by atoms with Gasteiger partial charge in [-0.1, -0.05) is 6.07 Å². The molecule has 3 rings (SSSR count). The molecule has 1 N–H and O–H groups in total. The summed E-state index contributed by atoms with van der Waals surface area (Å²) in [4.78, 5) is 15.6. The standard InChI is InChI=1S/C20H19F3N4O4S/c1-12-3-4-14(31-5-6-32(2,29)30)9-17(12)25-20-26-18(28)10-24-27(20)11-13-7-15(21)19(23)16(22)8-13/h3-4,7-10H,5-6,11H2,1-2H3,(H,25,26,28). The molecule has 0 atom stereocenters. The van der Waals surface area contributed by atoms with E-state index in [4.69, 9.17) is 4.74 Å². The fourth-order valence-corrected chi connectivity index (χ4v) is 3.09. The highest BCUT2D eigenvalue weighted by Gasteiger charge is 2.14. The van der Waals surface area contributed by atoms with Gasteiger partial charge in [0, 0.05) is 18.0 Å². The molecular formula is C20H19F3N4O4S. The molecule has 0 saturated heterocycles. The highest BCUT2D eigenvalue weighted by Crippen LogP contribution is 2.25. The first-order valence-electron chi connectivity index (χ1n) is 9.27. The second kappa shape index (κ2) is 9.39. The van der Waals surface area contributed by atoms with E-state index in [0.29, 0.717) is 11.4 Å². The maximum Gasteiger partial charge on any atom is 0.293 e. The van der Waals surface area contributed by atoms with E-state index in [1.165, 1.54) is 4.68 Å². The van der Waals surface area contributed by atoms with Crippen molar-refractivity contribution in [3.05, 3.63) is 75.5 Å². The molecule has 1 aromatic heterocycles. The minimum Gasteiger partial charge on any atom is -0.492 e. The Balaban J connectivity index is 1.87. The Morgan fingerprint density at radius 2 is 1.81 bits per heavy atom. The number of rotatable bonds is 8. The van der Waals surface area contributed by atoms with Crippen LogP contribution in [0.2, 0.25) is 0 Å². The van der Waals surface area contributed by atoms with Crippen molar-refractivity contribution in [2.45, 2.75) is 13.5 Å². The molecule has 0 fully saturated rings. The van der Waals surface area contributed by atoms with Crippen LogP contribution in [0.15, 0.2) is 41.3 Å². The Morgan fingerprint density at radius 1 is 1.12 bits per heavy atom. The van der Waals surface area contributed by atoms with E-state index in [0.717, 1.165) is 30.1 Å². The summed E-state index contributed by atoms with van der Waals surface area (Å²) in [5.41, 5.74) is 0.631. The van der Waals surface area contributed by atoms with Crippen molar-refractivity contribution in [2.75, 3.05) is 23.9 Å². The number of benzene rings is 2. The number of aryl methyl sites for hydroxylation is 1. The summed E-state index contributed by atoms with van der Waals surface area (Å²) < 4.78 is 69.5. The largest absolute Gasteiger partial charge is 0.492 e. The molecule has 0 radical (unpaired) electrons. The lowest BCUT2D eigenvalue weighted by molar-refractivity contribution is 0.341. The molecule has 170 valence electrons. The van der Waals surface area contributed by atoms with E-state index < -0.39 is 32.8 Å². The maximum absolute atomic E-state index is 13.5. The topological polar surface area (TPSA) is 103 Å². The normalized spacial score (nSPS) is 11.4. The van der Waals surface area contributed by atoms with Crippen LogP contribution in [0.4, 0.5) is 24.8 Å². The Morgan fingerprint density at radius 3 is 2.47 bits per heavy atom. The first-order valence-corrected chi connectivity index (χ1v) is 11.3. The van der Waals surface area contributed by atoms with Crippen LogP contribution in [0.5, 0.6) is 5.75 Å². The quantitative estimate of drug-likeness (QED) is 0.507. The molecule has 0 unspecified atom stereocenters. The van der Waals surface area contributed by atoms with E-state index in [1.807, 2.05) is 0 Å². The van der Waals surface area contributed by atoms with Crippen LogP contribution in [0, 0.1) is 24.4 Å². The lowest BCUT2D eigenvalue weighted by Crippen LogP contribution is -2.19. The monoisotopic (exact) mass is 468 g/mol. The Labute approximate surface area is 181 Å². The van der Waals surface area contributed by atoms with Gasteiger partial charge in [0.25, 0.3) is 5.56 Å². The summed E-state index contributed by atoms with van der Waals surface area (Å²) in [6.45, 7) is 1.53. The number of hydrogen-bond donors (Lipinski definition) is 1. The predicted octanol–water partition coefficient (Wildman–Crippen LogP) is 2.58. The third kappa shape index (κ3) is 6.06. The van der Waals surface area contributed by atoms with E-state index in [1.54, 1.807) is 25.1 Å². The highest BCUT2D eigenvalue weighted by molar-refractivity contribution is 7.90. The summed E-state index contributed by atoms with van der Waals surface area (Å²) in [5, 5.41) is 6.84. The van der Waals surface area contributed by atoms with Crippen LogP contribution >= 0.6 is 0 Å². The molecule has 1 heterocycles. The van der Waals surface area contributed by atoms with Crippen LogP contribution in [-0.4, -0.2) is 41.8 Å². The number of hydrogen-bond acceptors (Lipinski definition) is 7. The number of aromatic nitrogens is 3. The number of nitrogens with one attached hydrogen (secondary N) is 1. The van der Waals surface area contributed by atoms with Crippen molar-refractivity contribution in [3.8, 4) is 5.75 Å². The summed E-state index contributed by atoms with van der Waals surface area (Å²) >= 11 is 0. The summed E-state index contributed by atoms with van der Waals surface area (Å²) in [5.74, 6) is -4.09. The number of sulfone groups is 1. The second-order valence-corrected chi connectivity index (χ2v) is 9.29. The lowest BCUT2D eigenvalue weighted by Gasteiger charge is -2.15. The molecule has 3 aromatic rings.